The van der Waals surface area contributed by atoms with Gasteiger partial charge in [-0.3, -0.25) is 13.6 Å². The van der Waals surface area contributed by atoms with Crippen molar-refractivity contribution in [1.82, 2.24) is 19.2 Å². The lowest BCUT2D eigenvalue weighted by molar-refractivity contribution is -0.126. The lowest BCUT2D eigenvalue weighted by Crippen LogP contribution is -2.51. The van der Waals surface area contributed by atoms with Crippen molar-refractivity contribution in [3.63, 3.8) is 0 Å². The van der Waals surface area contributed by atoms with Gasteiger partial charge in [-0.05, 0) is 12.8 Å². The van der Waals surface area contributed by atoms with Crippen molar-refractivity contribution < 1.29 is 9.59 Å². The molecule has 0 bridgehead atoms. The number of hydrogen-bond donors (Lipinski definition) is 1. The average Bonchev–Trinajstić information content (AvgIpc) is 3.32. The summed E-state index contributed by atoms with van der Waals surface area (Å²) >= 11 is 8.51. The van der Waals surface area contributed by atoms with Crippen molar-refractivity contribution in [3.8, 4) is 6.07 Å². The van der Waals surface area contributed by atoms with Gasteiger partial charge in [0.2, 0.25) is 5.91 Å². The van der Waals surface area contributed by atoms with E-state index in [1.807, 2.05) is 3.97 Å². The van der Waals surface area contributed by atoms with Gasteiger partial charge in [0.15, 0.2) is 5.65 Å². The number of nitriles is 1. The molecule has 1 aliphatic carbocycles. The Kier molecular flexibility index (Phi) is 5.71. The molecule has 2 amide bonds. The van der Waals surface area contributed by atoms with Crippen LogP contribution >= 0.6 is 41.9 Å². The normalized spacial score (nSPS) is 17.8. The molecule has 2 aliphatic rings. The number of carbonyl (C=O) groups is 2. The smallest absolute Gasteiger partial charge is 0.257 e. The van der Waals surface area contributed by atoms with Crippen molar-refractivity contribution >= 4 is 64.8 Å². The highest BCUT2D eigenvalue weighted by atomic mass is 127. The summed E-state index contributed by atoms with van der Waals surface area (Å²) in [5.74, 6) is -0.540. The fourth-order valence-electron chi connectivity index (χ4n) is 4.02. The molecule has 0 radical (unpaired) electrons. The third-order valence-corrected chi connectivity index (χ3v) is 7.42. The molecule has 0 aromatic carbocycles. The van der Waals surface area contributed by atoms with Crippen molar-refractivity contribution in [2.24, 2.45) is 0 Å². The second-order valence-corrected chi connectivity index (χ2v) is 9.14. The molecule has 146 valence electrons. The molecule has 1 N–H and O–H groups in total. The minimum atomic E-state index is -0.846. The van der Waals surface area contributed by atoms with Gasteiger partial charge in [-0.25, -0.2) is 4.98 Å². The first-order valence-corrected chi connectivity index (χ1v) is 12.7. The summed E-state index contributed by atoms with van der Waals surface area (Å²) in [6.45, 7) is 0.185. The van der Waals surface area contributed by atoms with E-state index in [2.05, 4.69) is 37.6 Å². The van der Waals surface area contributed by atoms with Gasteiger partial charge in [0, 0.05) is 66.3 Å². The first kappa shape index (κ1) is 19.8. The van der Waals surface area contributed by atoms with Crippen LogP contribution in [-0.2, 0) is 11.3 Å². The Labute approximate surface area is 183 Å². The third-order valence-electron chi connectivity index (χ3n) is 5.40. The molecule has 1 aliphatic heterocycles. The van der Waals surface area contributed by atoms with Gasteiger partial charge in [-0.2, -0.15) is 5.26 Å². The number of nitrogens with one attached hydrogen (secondary N) is 1. The van der Waals surface area contributed by atoms with Crippen LogP contribution in [0.2, 0.25) is 5.02 Å². The van der Waals surface area contributed by atoms with E-state index in [1.165, 1.54) is 14.0 Å². The lowest BCUT2D eigenvalue weighted by Gasteiger charge is -2.33. The molecule has 28 heavy (non-hydrogen) atoms. The summed E-state index contributed by atoms with van der Waals surface area (Å²) < 4.78 is 1.81. The lowest BCUT2D eigenvalue weighted by atomic mass is 9.99. The van der Waals surface area contributed by atoms with E-state index in [0.717, 1.165) is 36.6 Å². The number of aromatic nitrogens is 2. The molecule has 0 saturated heterocycles. The molecule has 1 unspecified atom stereocenters. The predicted molar refractivity (Wildman–Crippen MR) is 116 cm³/mol. The Morgan fingerprint density at radius 2 is 2.25 bits per heavy atom. The predicted octanol–water partition coefficient (Wildman–Crippen LogP) is 3.83. The highest BCUT2D eigenvalue weighted by Gasteiger charge is 2.38. The molecule has 2 aromatic heterocycles. The molecule has 7 nitrogen and oxygen atoms in total. The topological polar surface area (TPSA) is 91.0 Å². The van der Waals surface area contributed by atoms with Crippen LogP contribution in [0.4, 0.5) is 0 Å². The highest BCUT2D eigenvalue weighted by Crippen LogP contribution is 2.38. The number of halogens is 2. The Bertz CT molecular complexity index is 998. The molecule has 4 rings (SSSR count). The van der Waals surface area contributed by atoms with Gasteiger partial charge in [-0.1, -0.05) is 24.4 Å². The quantitative estimate of drug-likeness (QED) is 0.595. The molecule has 3 heterocycles. The summed E-state index contributed by atoms with van der Waals surface area (Å²) in [4.78, 5) is 32.0. The molecule has 2 aromatic rings. The van der Waals surface area contributed by atoms with Crippen LogP contribution in [0.25, 0.3) is 11.0 Å². The van der Waals surface area contributed by atoms with Gasteiger partial charge >= 0.3 is 0 Å². The zero-order valence-corrected chi connectivity index (χ0v) is 18.6. The molecule has 1 saturated carbocycles. The number of pyridine rings is 1. The third kappa shape index (κ3) is 3.35. The van der Waals surface area contributed by atoms with Crippen LogP contribution in [0.3, 0.4) is 0 Å². The van der Waals surface area contributed by atoms with Crippen LogP contribution in [0, 0.1) is 11.3 Å². The summed E-state index contributed by atoms with van der Waals surface area (Å²) in [7, 11) is 1.41. The maximum absolute atomic E-state index is 13.2. The second kappa shape index (κ2) is 8.08. The second-order valence-electron chi connectivity index (χ2n) is 7.02. The monoisotopic (exact) mass is 529 g/mol. The standard InChI is InChI=1S/C18H17ClIN5O2S/c19-13-7-22-16-15-11(13)8-24(18(27)12(15)9-25(16)28-20)14(5-6-21)17(26)23-10-3-1-2-4-10/h7,9-10,14H,1-5,8H2,(H,23,26). The van der Waals surface area contributed by atoms with Gasteiger partial charge in [0.25, 0.3) is 5.91 Å². The summed E-state index contributed by atoms with van der Waals surface area (Å²) in [6, 6.07) is 1.34. The molecular formula is C18H17ClIN5O2S. The van der Waals surface area contributed by atoms with Crippen molar-refractivity contribution in [3.05, 3.63) is 28.5 Å². The highest BCUT2D eigenvalue weighted by molar-refractivity contribution is 14.2. The van der Waals surface area contributed by atoms with E-state index in [-0.39, 0.29) is 30.8 Å². The SMILES string of the molecule is N#CCC(C(=O)NC1CCCC1)N1Cc2c(Cl)cnc3c2c(cn3SI)C1=O. The summed E-state index contributed by atoms with van der Waals surface area (Å²) in [6.07, 6.45) is 7.29. The maximum Gasteiger partial charge on any atom is 0.257 e. The van der Waals surface area contributed by atoms with E-state index in [1.54, 1.807) is 12.4 Å². The Hall–Kier alpha value is -1.51. The van der Waals surface area contributed by atoms with Gasteiger partial charge in [0.05, 0.1) is 23.1 Å². The van der Waals surface area contributed by atoms with Gasteiger partial charge < -0.3 is 10.2 Å². The zero-order chi connectivity index (χ0) is 19.8. The molecule has 1 fully saturated rings. The fraction of sp³-hybridized carbons (Fsp3) is 0.444. The van der Waals surface area contributed by atoms with Crippen molar-refractivity contribution in [2.45, 2.75) is 50.7 Å². The minimum absolute atomic E-state index is 0.0623. The van der Waals surface area contributed by atoms with Crippen LogP contribution in [0.1, 0.15) is 48.0 Å². The first-order valence-electron chi connectivity index (χ1n) is 9.01. The van der Waals surface area contributed by atoms with E-state index in [0.29, 0.717) is 16.2 Å². The number of rotatable bonds is 5. The van der Waals surface area contributed by atoms with E-state index >= 15 is 0 Å². The summed E-state index contributed by atoms with van der Waals surface area (Å²) in [5, 5.41) is 13.5. The number of nitrogens with zero attached hydrogens (tertiary/aromatic N) is 4. The average molecular weight is 530 g/mol. The molecular weight excluding hydrogens is 513 g/mol. The van der Waals surface area contributed by atoms with Crippen LogP contribution in [0.15, 0.2) is 12.4 Å². The molecule has 10 heteroatoms. The van der Waals surface area contributed by atoms with Gasteiger partial charge in [-0.15, -0.1) is 0 Å². The summed E-state index contributed by atoms with van der Waals surface area (Å²) in [5.41, 5.74) is 1.91. The van der Waals surface area contributed by atoms with Crippen molar-refractivity contribution in [1.29, 1.82) is 5.26 Å². The Balaban J connectivity index is 1.71. The first-order chi connectivity index (χ1) is 13.5. The van der Waals surface area contributed by atoms with Crippen LogP contribution in [-0.4, -0.2) is 37.8 Å². The number of hydrogen-bond acceptors (Lipinski definition) is 5. The van der Waals surface area contributed by atoms with Crippen LogP contribution in [0.5, 0.6) is 0 Å². The van der Waals surface area contributed by atoms with Crippen LogP contribution < -0.4 is 5.32 Å². The number of amides is 2. The maximum atomic E-state index is 13.2. The van der Waals surface area contributed by atoms with E-state index in [9.17, 15) is 14.9 Å². The van der Waals surface area contributed by atoms with E-state index in [4.69, 9.17) is 11.6 Å². The minimum Gasteiger partial charge on any atom is -0.352 e. The largest absolute Gasteiger partial charge is 0.352 e. The van der Waals surface area contributed by atoms with Crippen molar-refractivity contribution in [2.75, 3.05) is 0 Å². The Morgan fingerprint density at radius 3 is 2.93 bits per heavy atom. The fourth-order valence-corrected chi connectivity index (χ4v) is 5.48. The molecule has 0 spiro atoms. The van der Waals surface area contributed by atoms with E-state index < -0.39 is 6.04 Å². The number of carbonyl (C=O) groups excluding carboxylic acids is 2. The zero-order valence-electron chi connectivity index (χ0n) is 14.8. The molecule has 1 atom stereocenters. The van der Waals surface area contributed by atoms with Gasteiger partial charge in [0.1, 0.15) is 6.04 Å². The Morgan fingerprint density at radius 1 is 1.50 bits per heavy atom.